The van der Waals surface area contributed by atoms with Crippen molar-refractivity contribution >= 4 is 33.9 Å². The molecule has 28 heavy (non-hydrogen) atoms. The summed E-state index contributed by atoms with van der Waals surface area (Å²) in [4.78, 5) is 34.0. The number of carboxylic acid groups (broad SMARTS) is 1. The predicted octanol–water partition coefficient (Wildman–Crippen LogP) is -3.81. The van der Waals surface area contributed by atoms with Crippen molar-refractivity contribution in [3.05, 3.63) is 29.8 Å². The summed E-state index contributed by atoms with van der Waals surface area (Å²) in [6, 6.07) is 3.40. The quantitative estimate of drug-likeness (QED) is 0.378. The summed E-state index contributed by atoms with van der Waals surface area (Å²) in [6.07, 6.45) is 0. The standard InChI is InChI=1S/C14H16N6O6S.Na/c1-3-26-14-18-11(15-2)16-12(19-14)17-13(23)20-27(24,25)9-7-5-4-6-8(9)10(21)22;/h4-7H,3H2,1-2H3,(H,21,22)(H3,15,16,17,18,19,20,23);/q;+1/p-1. The number of urea groups is 1. The second-order valence-electron chi connectivity index (χ2n) is 4.79. The fourth-order valence-corrected chi connectivity index (χ4v) is 3.00. The molecule has 144 valence electrons. The molecule has 0 saturated carbocycles. The van der Waals surface area contributed by atoms with E-state index in [1.165, 1.54) is 19.2 Å². The molecule has 14 heteroatoms. The van der Waals surface area contributed by atoms with Gasteiger partial charge < -0.3 is 20.0 Å². The Bertz CT molecular complexity index is 971. The molecule has 1 aromatic carbocycles. The second kappa shape index (κ2) is 10.2. The van der Waals surface area contributed by atoms with Gasteiger partial charge in [-0.2, -0.15) is 15.0 Å². The number of hydrogen-bond acceptors (Lipinski definition) is 10. The van der Waals surface area contributed by atoms with E-state index in [-0.39, 0.29) is 54.1 Å². The molecule has 0 aliphatic carbocycles. The molecular formula is C14H15N6NaO6S. The third-order valence-electron chi connectivity index (χ3n) is 2.96. The van der Waals surface area contributed by atoms with Crippen LogP contribution in [0.5, 0.6) is 6.01 Å². The maximum absolute atomic E-state index is 12.3. The number of carboxylic acids is 1. The minimum Gasteiger partial charge on any atom is -0.545 e. The van der Waals surface area contributed by atoms with E-state index in [0.717, 1.165) is 12.1 Å². The number of rotatable bonds is 7. The molecule has 0 unspecified atom stereocenters. The number of aromatic carboxylic acids is 1. The van der Waals surface area contributed by atoms with Crippen LogP contribution >= 0.6 is 0 Å². The predicted molar refractivity (Wildman–Crippen MR) is 90.7 cm³/mol. The van der Waals surface area contributed by atoms with E-state index in [2.05, 4.69) is 25.6 Å². The number of carbonyl (C=O) groups is 2. The summed E-state index contributed by atoms with van der Waals surface area (Å²) < 4.78 is 31.4. The van der Waals surface area contributed by atoms with Crippen molar-refractivity contribution in [3.63, 3.8) is 0 Å². The monoisotopic (exact) mass is 418 g/mol. The Morgan fingerprint density at radius 2 is 1.79 bits per heavy atom. The molecule has 3 N–H and O–H groups in total. The number of sulfonamides is 1. The molecule has 0 bridgehead atoms. The van der Waals surface area contributed by atoms with Crippen LogP contribution in [0.1, 0.15) is 17.3 Å². The van der Waals surface area contributed by atoms with Gasteiger partial charge in [0, 0.05) is 12.6 Å². The molecule has 0 spiro atoms. The van der Waals surface area contributed by atoms with Crippen LogP contribution in [0.2, 0.25) is 0 Å². The summed E-state index contributed by atoms with van der Waals surface area (Å²) in [5, 5.41) is 15.8. The number of benzene rings is 1. The van der Waals surface area contributed by atoms with Gasteiger partial charge in [-0.1, -0.05) is 18.2 Å². The molecule has 2 amide bonds. The molecule has 2 rings (SSSR count). The fourth-order valence-electron chi connectivity index (χ4n) is 1.89. The molecule has 1 aromatic heterocycles. The van der Waals surface area contributed by atoms with Crippen molar-refractivity contribution in [3.8, 4) is 6.01 Å². The largest absolute Gasteiger partial charge is 1.00 e. The van der Waals surface area contributed by atoms with Crippen LogP contribution in [0, 0.1) is 0 Å². The molecule has 0 atom stereocenters. The van der Waals surface area contributed by atoms with E-state index in [9.17, 15) is 23.1 Å². The third-order valence-corrected chi connectivity index (χ3v) is 4.35. The number of nitrogens with one attached hydrogen (secondary N) is 3. The van der Waals surface area contributed by atoms with E-state index in [4.69, 9.17) is 4.74 Å². The average molecular weight is 418 g/mol. The Morgan fingerprint density at radius 3 is 2.39 bits per heavy atom. The molecule has 1 heterocycles. The topological polar surface area (TPSA) is 175 Å². The number of nitrogens with zero attached hydrogens (tertiary/aromatic N) is 3. The Labute approximate surface area is 182 Å². The van der Waals surface area contributed by atoms with Gasteiger partial charge in [0.05, 0.1) is 17.5 Å². The summed E-state index contributed by atoms with van der Waals surface area (Å²) in [5.41, 5.74) is -0.589. The van der Waals surface area contributed by atoms with Crippen molar-refractivity contribution in [1.29, 1.82) is 0 Å². The zero-order valence-electron chi connectivity index (χ0n) is 15.2. The van der Waals surface area contributed by atoms with Crippen LogP contribution < -0.4 is 54.8 Å². The van der Waals surface area contributed by atoms with E-state index >= 15 is 0 Å². The molecule has 0 saturated heterocycles. The first kappa shape index (κ1) is 23.6. The van der Waals surface area contributed by atoms with Gasteiger partial charge in [-0.15, -0.1) is 0 Å². The van der Waals surface area contributed by atoms with Crippen molar-refractivity contribution in [2.24, 2.45) is 0 Å². The summed E-state index contributed by atoms with van der Waals surface area (Å²) in [5.74, 6) is -1.90. The SMILES string of the molecule is CCOc1nc(NC)nc(NC(=O)NS(=O)(=O)c2ccccc2C(=O)[O-])n1.[Na+]. The van der Waals surface area contributed by atoms with Crippen LogP contribution in [-0.4, -0.2) is 49.0 Å². The molecule has 0 aliphatic rings. The van der Waals surface area contributed by atoms with E-state index in [0.29, 0.717) is 0 Å². The average Bonchev–Trinajstić information content (AvgIpc) is 2.61. The van der Waals surface area contributed by atoms with Gasteiger partial charge in [0.25, 0.3) is 10.0 Å². The first-order valence-corrected chi connectivity index (χ1v) is 8.96. The zero-order valence-corrected chi connectivity index (χ0v) is 18.0. The van der Waals surface area contributed by atoms with Crippen molar-refractivity contribution in [1.82, 2.24) is 19.7 Å². The maximum Gasteiger partial charge on any atom is 1.00 e. The number of amides is 2. The van der Waals surface area contributed by atoms with E-state index in [1.54, 1.807) is 11.6 Å². The number of anilines is 2. The Hall–Kier alpha value is -2.48. The van der Waals surface area contributed by atoms with Crippen molar-refractivity contribution < 1.29 is 57.4 Å². The third kappa shape index (κ3) is 6.02. The fraction of sp³-hybridized carbons (Fsp3) is 0.214. The number of aromatic nitrogens is 3. The Morgan fingerprint density at radius 1 is 1.14 bits per heavy atom. The molecule has 0 radical (unpaired) electrons. The smallest absolute Gasteiger partial charge is 0.545 e. The summed E-state index contributed by atoms with van der Waals surface area (Å²) >= 11 is 0. The minimum absolute atomic E-state index is 0. The van der Waals surface area contributed by atoms with Crippen LogP contribution in [0.4, 0.5) is 16.7 Å². The van der Waals surface area contributed by atoms with Crippen LogP contribution in [-0.2, 0) is 10.0 Å². The number of carbonyl (C=O) groups excluding carboxylic acids is 2. The van der Waals surface area contributed by atoms with Gasteiger partial charge in [0.15, 0.2) is 0 Å². The first-order chi connectivity index (χ1) is 12.8. The van der Waals surface area contributed by atoms with Crippen molar-refractivity contribution in [2.75, 3.05) is 24.3 Å². The Kier molecular flexibility index (Phi) is 8.56. The molecule has 0 aliphatic heterocycles. The second-order valence-corrected chi connectivity index (χ2v) is 6.44. The first-order valence-electron chi connectivity index (χ1n) is 7.47. The molecule has 0 fully saturated rings. The van der Waals surface area contributed by atoms with Gasteiger partial charge >= 0.3 is 41.6 Å². The van der Waals surface area contributed by atoms with E-state index in [1.807, 2.05) is 0 Å². The zero-order chi connectivity index (χ0) is 20.0. The van der Waals surface area contributed by atoms with Crippen LogP contribution in [0.25, 0.3) is 0 Å². The van der Waals surface area contributed by atoms with E-state index < -0.39 is 32.5 Å². The number of hydrogen-bond donors (Lipinski definition) is 3. The van der Waals surface area contributed by atoms with Crippen LogP contribution in [0.3, 0.4) is 0 Å². The summed E-state index contributed by atoms with van der Waals surface area (Å²) in [6.45, 7) is 1.96. The van der Waals surface area contributed by atoms with Gasteiger partial charge in [-0.25, -0.2) is 17.9 Å². The van der Waals surface area contributed by atoms with Crippen molar-refractivity contribution in [2.45, 2.75) is 11.8 Å². The van der Waals surface area contributed by atoms with Gasteiger partial charge in [-0.3, -0.25) is 5.32 Å². The molecular weight excluding hydrogens is 403 g/mol. The normalized spacial score (nSPS) is 10.4. The molecule has 12 nitrogen and oxygen atoms in total. The molecule has 2 aromatic rings. The maximum atomic E-state index is 12.3. The summed E-state index contributed by atoms with van der Waals surface area (Å²) in [7, 11) is -2.97. The van der Waals surface area contributed by atoms with Crippen LogP contribution in [0.15, 0.2) is 29.2 Å². The van der Waals surface area contributed by atoms with Gasteiger partial charge in [0.1, 0.15) is 0 Å². The van der Waals surface area contributed by atoms with Gasteiger partial charge in [0.2, 0.25) is 11.9 Å². The Balaban J connectivity index is 0.00000392. The van der Waals surface area contributed by atoms with Gasteiger partial charge in [-0.05, 0) is 13.0 Å². The number of ether oxygens (including phenoxy) is 1. The minimum atomic E-state index is -4.49.